The number of aromatic nitrogens is 3. The van der Waals surface area contributed by atoms with Crippen molar-refractivity contribution in [1.82, 2.24) is 30.1 Å². The Morgan fingerprint density at radius 3 is 2.90 bits per heavy atom. The smallest absolute Gasteiger partial charge is 0.255 e. The number of amides is 3. The number of hydrogen-bond donors (Lipinski definition) is 2. The number of nitrogens with zero attached hydrogens (tertiary/aromatic N) is 5. The molecular weight excluding hydrogens is 376 g/mol. The second kappa shape index (κ2) is 7.72. The first-order valence-electron chi connectivity index (χ1n) is 9.45. The molecule has 2 aliphatic heterocycles. The minimum Gasteiger partial charge on any atom is -0.395 e. The van der Waals surface area contributed by atoms with Crippen LogP contribution in [0.3, 0.4) is 0 Å². The predicted molar refractivity (Wildman–Crippen MR) is 101 cm³/mol. The fraction of sp³-hybridized carbons (Fsp3) is 0.421. The summed E-state index contributed by atoms with van der Waals surface area (Å²) in [4.78, 5) is 39.9. The lowest BCUT2D eigenvalue weighted by Crippen LogP contribution is -2.52. The Bertz CT molecular complexity index is 971. The van der Waals surface area contributed by atoms with Crippen molar-refractivity contribution in [3.05, 3.63) is 41.2 Å². The highest BCUT2D eigenvalue weighted by Crippen LogP contribution is 2.29. The molecule has 29 heavy (non-hydrogen) atoms. The van der Waals surface area contributed by atoms with E-state index in [-0.39, 0.29) is 24.8 Å². The molecular formula is C19H22N6O4. The molecule has 1 aromatic carbocycles. The van der Waals surface area contributed by atoms with Crippen LogP contribution in [0.25, 0.3) is 5.69 Å². The normalized spacial score (nSPS) is 19.1. The van der Waals surface area contributed by atoms with Gasteiger partial charge in [-0.3, -0.25) is 24.6 Å². The maximum atomic E-state index is 12.9. The van der Waals surface area contributed by atoms with Crippen LogP contribution < -0.4 is 5.32 Å². The maximum absolute atomic E-state index is 12.9. The van der Waals surface area contributed by atoms with Gasteiger partial charge < -0.3 is 10.0 Å². The van der Waals surface area contributed by atoms with Gasteiger partial charge in [0.15, 0.2) is 0 Å². The van der Waals surface area contributed by atoms with Crippen LogP contribution in [0.15, 0.2) is 24.4 Å². The average molecular weight is 398 g/mol. The van der Waals surface area contributed by atoms with E-state index in [9.17, 15) is 14.4 Å². The molecule has 4 rings (SSSR count). The van der Waals surface area contributed by atoms with E-state index in [4.69, 9.17) is 5.11 Å². The summed E-state index contributed by atoms with van der Waals surface area (Å²) in [6, 6.07) is 4.83. The van der Waals surface area contributed by atoms with E-state index in [1.165, 1.54) is 4.90 Å². The second-order valence-corrected chi connectivity index (χ2v) is 7.36. The number of fused-ring (bicyclic) bond motifs is 1. The summed E-state index contributed by atoms with van der Waals surface area (Å²) in [7, 11) is 1.88. The third-order valence-corrected chi connectivity index (χ3v) is 5.23. The molecule has 0 spiro atoms. The molecule has 2 aliphatic rings. The van der Waals surface area contributed by atoms with Crippen LogP contribution in [-0.2, 0) is 22.7 Å². The van der Waals surface area contributed by atoms with Crippen LogP contribution in [-0.4, -0.2) is 73.9 Å². The largest absolute Gasteiger partial charge is 0.395 e. The van der Waals surface area contributed by atoms with E-state index in [0.29, 0.717) is 37.3 Å². The molecule has 1 aromatic heterocycles. The zero-order chi connectivity index (χ0) is 20.5. The summed E-state index contributed by atoms with van der Waals surface area (Å²) >= 11 is 0. The molecule has 1 unspecified atom stereocenters. The van der Waals surface area contributed by atoms with Gasteiger partial charge in [-0.2, -0.15) is 0 Å². The minimum atomic E-state index is -0.629. The van der Waals surface area contributed by atoms with Crippen molar-refractivity contribution in [2.75, 3.05) is 20.2 Å². The summed E-state index contributed by atoms with van der Waals surface area (Å²) < 4.78 is 1.60. The summed E-state index contributed by atoms with van der Waals surface area (Å²) in [5.74, 6) is -0.945. The van der Waals surface area contributed by atoms with E-state index in [1.54, 1.807) is 16.9 Å². The highest BCUT2D eigenvalue weighted by atomic mass is 16.3. The fourth-order valence-electron chi connectivity index (χ4n) is 3.71. The molecule has 0 aliphatic carbocycles. The number of likely N-dealkylation sites (N-methyl/N-ethyl adjacent to an activating group) is 1. The Balaban J connectivity index is 1.52. The molecule has 1 atom stereocenters. The Labute approximate surface area is 167 Å². The van der Waals surface area contributed by atoms with E-state index in [0.717, 1.165) is 11.3 Å². The minimum absolute atomic E-state index is 0.0707. The van der Waals surface area contributed by atoms with Crippen molar-refractivity contribution in [1.29, 1.82) is 0 Å². The Kier molecular flexibility index (Phi) is 5.12. The van der Waals surface area contributed by atoms with Gasteiger partial charge in [0, 0.05) is 31.6 Å². The number of benzene rings is 1. The number of carbonyl (C=O) groups excluding carboxylic acids is 3. The van der Waals surface area contributed by atoms with Gasteiger partial charge in [0.25, 0.3) is 5.91 Å². The van der Waals surface area contributed by atoms with Gasteiger partial charge in [0.05, 0.1) is 24.2 Å². The molecule has 1 saturated heterocycles. The third-order valence-electron chi connectivity index (χ3n) is 5.23. The van der Waals surface area contributed by atoms with Crippen molar-refractivity contribution >= 4 is 17.7 Å². The van der Waals surface area contributed by atoms with E-state index >= 15 is 0 Å². The molecule has 2 aromatic rings. The van der Waals surface area contributed by atoms with Crippen LogP contribution in [0.5, 0.6) is 0 Å². The van der Waals surface area contributed by atoms with E-state index in [1.807, 2.05) is 24.1 Å². The summed E-state index contributed by atoms with van der Waals surface area (Å²) in [5.41, 5.74) is 2.82. The van der Waals surface area contributed by atoms with Crippen molar-refractivity contribution in [2.45, 2.75) is 32.0 Å². The number of aliphatic hydroxyl groups excluding tert-OH is 1. The number of rotatable bonds is 6. The molecule has 10 heteroatoms. The molecule has 3 amide bonds. The van der Waals surface area contributed by atoms with Gasteiger partial charge >= 0.3 is 0 Å². The van der Waals surface area contributed by atoms with Gasteiger partial charge in [-0.05, 0) is 31.2 Å². The zero-order valence-corrected chi connectivity index (χ0v) is 16.0. The third kappa shape index (κ3) is 3.76. The number of hydrogen-bond acceptors (Lipinski definition) is 7. The summed E-state index contributed by atoms with van der Waals surface area (Å²) in [5, 5.41) is 19.6. The zero-order valence-electron chi connectivity index (χ0n) is 16.0. The SMILES string of the molecule is CN(CCO)Cc1cn(-c2ccc3c(c2)C(=O)N(C2CCC(=O)NC2=O)C3)nn1. The van der Waals surface area contributed by atoms with Gasteiger partial charge in [-0.25, -0.2) is 4.68 Å². The van der Waals surface area contributed by atoms with E-state index < -0.39 is 11.9 Å². The molecule has 2 N–H and O–H groups in total. The van der Waals surface area contributed by atoms with Gasteiger partial charge in [-0.1, -0.05) is 11.3 Å². The monoisotopic (exact) mass is 398 g/mol. The van der Waals surface area contributed by atoms with Crippen LogP contribution >= 0.6 is 0 Å². The van der Waals surface area contributed by atoms with Gasteiger partial charge in [0.2, 0.25) is 11.8 Å². The number of imide groups is 1. The first-order chi connectivity index (χ1) is 14.0. The highest BCUT2D eigenvalue weighted by Gasteiger charge is 2.39. The van der Waals surface area contributed by atoms with Crippen LogP contribution in [0.4, 0.5) is 0 Å². The molecule has 0 bridgehead atoms. The lowest BCUT2D eigenvalue weighted by Gasteiger charge is -2.29. The lowest BCUT2D eigenvalue weighted by molar-refractivity contribution is -0.136. The lowest BCUT2D eigenvalue weighted by atomic mass is 10.0. The first kappa shape index (κ1) is 19.2. The highest BCUT2D eigenvalue weighted by molar-refractivity contribution is 6.05. The molecule has 152 valence electrons. The van der Waals surface area contributed by atoms with Crippen molar-refractivity contribution in [2.24, 2.45) is 0 Å². The summed E-state index contributed by atoms with van der Waals surface area (Å²) in [6.07, 6.45) is 2.35. The van der Waals surface area contributed by atoms with Crippen LogP contribution in [0.2, 0.25) is 0 Å². The second-order valence-electron chi connectivity index (χ2n) is 7.36. The molecule has 3 heterocycles. The standard InChI is InChI=1S/C19H22N6O4/c1-23(6-7-26)10-13-11-25(22-21-13)14-3-2-12-9-24(19(29)15(12)8-14)16-4-5-17(27)20-18(16)28/h2-3,8,11,16,26H,4-7,9-10H2,1H3,(H,20,27,28). The van der Waals surface area contributed by atoms with Gasteiger partial charge in [0.1, 0.15) is 6.04 Å². The summed E-state index contributed by atoms with van der Waals surface area (Å²) in [6.45, 7) is 1.50. The number of piperidine rings is 1. The van der Waals surface area contributed by atoms with Crippen molar-refractivity contribution < 1.29 is 19.5 Å². The number of nitrogens with one attached hydrogen (secondary N) is 1. The van der Waals surface area contributed by atoms with E-state index in [2.05, 4.69) is 15.6 Å². The fourth-order valence-corrected chi connectivity index (χ4v) is 3.71. The Morgan fingerprint density at radius 1 is 1.31 bits per heavy atom. The molecule has 0 radical (unpaired) electrons. The quantitative estimate of drug-likeness (QED) is 0.627. The Morgan fingerprint density at radius 2 is 2.14 bits per heavy atom. The Hall–Kier alpha value is -3.11. The van der Waals surface area contributed by atoms with Gasteiger partial charge in [-0.15, -0.1) is 5.10 Å². The average Bonchev–Trinajstić information content (AvgIpc) is 3.27. The topological polar surface area (TPSA) is 121 Å². The number of carbonyl (C=O) groups is 3. The predicted octanol–water partition coefficient (Wildman–Crippen LogP) is -0.548. The molecule has 1 fully saturated rings. The number of aliphatic hydroxyl groups is 1. The first-order valence-corrected chi connectivity index (χ1v) is 9.45. The maximum Gasteiger partial charge on any atom is 0.255 e. The molecule has 0 saturated carbocycles. The van der Waals surface area contributed by atoms with Crippen molar-refractivity contribution in [3.63, 3.8) is 0 Å². The molecule has 10 nitrogen and oxygen atoms in total. The van der Waals surface area contributed by atoms with Crippen LogP contribution in [0.1, 0.15) is 34.5 Å². The van der Waals surface area contributed by atoms with Crippen LogP contribution in [0, 0.1) is 0 Å². The van der Waals surface area contributed by atoms with Crippen molar-refractivity contribution in [3.8, 4) is 5.69 Å².